The summed E-state index contributed by atoms with van der Waals surface area (Å²) in [6.07, 6.45) is 0. The summed E-state index contributed by atoms with van der Waals surface area (Å²) >= 11 is 6.44. The lowest BCUT2D eigenvalue weighted by Gasteiger charge is -2.10. The minimum atomic E-state index is 0.819. The van der Waals surface area contributed by atoms with E-state index in [1.165, 1.54) is 26.9 Å². The van der Waals surface area contributed by atoms with E-state index in [4.69, 9.17) is 11.6 Å². The first kappa shape index (κ1) is 10.8. The number of halogens is 1. The molecule has 0 aliphatic heterocycles. The Hall–Kier alpha value is -2.05. The minimum Gasteiger partial charge on any atom is -0.0836 e. The molecule has 4 rings (SSSR count). The van der Waals surface area contributed by atoms with Gasteiger partial charge in [-0.05, 0) is 33.0 Å². The van der Waals surface area contributed by atoms with E-state index >= 15 is 0 Å². The van der Waals surface area contributed by atoms with Gasteiger partial charge in [-0.2, -0.15) is 0 Å². The highest BCUT2D eigenvalue weighted by atomic mass is 35.5. The molecule has 19 heavy (non-hydrogen) atoms. The molecule has 4 aromatic carbocycles. The molecule has 0 atom stereocenters. The van der Waals surface area contributed by atoms with E-state index in [0.717, 1.165) is 10.4 Å². The number of benzene rings is 4. The third kappa shape index (κ3) is 1.47. The third-order valence-corrected chi connectivity index (χ3v) is 4.03. The van der Waals surface area contributed by atoms with Gasteiger partial charge in [0.2, 0.25) is 0 Å². The van der Waals surface area contributed by atoms with Crippen LogP contribution < -0.4 is 0 Å². The van der Waals surface area contributed by atoms with Crippen LogP contribution in [0.5, 0.6) is 0 Å². The van der Waals surface area contributed by atoms with Crippen LogP contribution in [0.15, 0.2) is 66.7 Å². The monoisotopic (exact) mass is 262 g/mol. The average molecular weight is 263 g/mol. The summed E-state index contributed by atoms with van der Waals surface area (Å²) < 4.78 is 0. The zero-order chi connectivity index (χ0) is 12.8. The number of hydrogen-bond acceptors (Lipinski definition) is 0. The van der Waals surface area contributed by atoms with Crippen LogP contribution in [0.25, 0.3) is 32.3 Å². The molecule has 0 saturated carbocycles. The molecule has 4 aromatic rings. The molecule has 0 amide bonds. The van der Waals surface area contributed by atoms with Crippen molar-refractivity contribution in [2.24, 2.45) is 0 Å². The lowest BCUT2D eigenvalue weighted by molar-refractivity contribution is 1.77. The first-order chi connectivity index (χ1) is 9.36. The molecule has 0 spiro atoms. The normalized spacial score (nSPS) is 11.4. The Bertz CT molecular complexity index is 877. The fourth-order valence-electron chi connectivity index (χ4n) is 2.91. The lowest BCUT2D eigenvalue weighted by Crippen LogP contribution is -1.83. The fourth-order valence-corrected chi connectivity index (χ4v) is 3.19. The van der Waals surface area contributed by atoms with E-state index in [2.05, 4.69) is 54.6 Å². The van der Waals surface area contributed by atoms with Gasteiger partial charge < -0.3 is 0 Å². The van der Waals surface area contributed by atoms with Crippen molar-refractivity contribution in [3.8, 4) is 0 Å². The Balaban J connectivity index is 2.48. The minimum absolute atomic E-state index is 0.819. The van der Waals surface area contributed by atoms with Gasteiger partial charge >= 0.3 is 0 Å². The SMILES string of the molecule is Clc1cccc2c3ccccc3c3ccccc3c12. The zero-order valence-corrected chi connectivity index (χ0v) is 11.0. The fraction of sp³-hybridized carbons (Fsp3) is 0. The van der Waals surface area contributed by atoms with E-state index < -0.39 is 0 Å². The van der Waals surface area contributed by atoms with Crippen molar-refractivity contribution in [1.82, 2.24) is 0 Å². The van der Waals surface area contributed by atoms with Crippen LogP contribution >= 0.6 is 11.6 Å². The van der Waals surface area contributed by atoms with Crippen LogP contribution in [-0.2, 0) is 0 Å². The Kier molecular flexibility index (Phi) is 2.27. The molecule has 0 saturated heterocycles. The highest BCUT2D eigenvalue weighted by molar-refractivity contribution is 6.40. The van der Waals surface area contributed by atoms with Gasteiger partial charge in [0.25, 0.3) is 0 Å². The average Bonchev–Trinajstić information content (AvgIpc) is 2.47. The van der Waals surface area contributed by atoms with Gasteiger partial charge in [0.1, 0.15) is 0 Å². The van der Waals surface area contributed by atoms with E-state index in [9.17, 15) is 0 Å². The number of fused-ring (bicyclic) bond motifs is 6. The van der Waals surface area contributed by atoms with E-state index in [0.29, 0.717) is 0 Å². The van der Waals surface area contributed by atoms with Crippen LogP contribution in [0.2, 0.25) is 5.02 Å². The van der Waals surface area contributed by atoms with E-state index in [1.807, 2.05) is 12.1 Å². The molecule has 0 radical (unpaired) electrons. The molecule has 90 valence electrons. The quantitative estimate of drug-likeness (QED) is 0.351. The second-order valence-electron chi connectivity index (χ2n) is 4.75. The molecule has 0 aliphatic carbocycles. The van der Waals surface area contributed by atoms with Gasteiger partial charge in [-0.1, -0.05) is 72.3 Å². The van der Waals surface area contributed by atoms with Gasteiger partial charge in [-0.15, -0.1) is 0 Å². The molecule has 0 heterocycles. The summed E-state index contributed by atoms with van der Waals surface area (Å²) in [5.41, 5.74) is 0. The first-order valence-corrected chi connectivity index (χ1v) is 6.72. The summed E-state index contributed by atoms with van der Waals surface area (Å²) in [6.45, 7) is 0. The van der Waals surface area contributed by atoms with Crippen LogP contribution in [-0.4, -0.2) is 0 Å². The second kappa shape index (κ2) is 3.97. The van der Waals surface area contributed by atoms with Gasteiger partial charge in [0.05, 0.1) is 0 Å². The molecule has 0 N–H and O–H groups in total. The van der Waals surface area contributed by atoms with Crippen molar-refractivity contribution in [3.63, 3.8) is 0 Å². The van der Waals surface area contributed by atoms with Crippen LogP contribution in [0.1, 0.15) is 0 Å². The predicted molar refractivity (Wildman–Crippen MR) is 84.0 cm³/mol. The Morgan fingerprint density at radius 2 is 0.895 bits per heavy atom. The maximum Gasteiger partial charge on any atom is 0.0490 e. The highest BCUT2D eigenvalue weighted by Crippen LogP contribution is 2.37. The Morgan fingerprint density at radius 1 is 0.474 bits per heavy atom. The standard InChI is InChI=1S/C18H11Cl/c19-17-11-5-10-16-14-7-2-1-6-12(14)13-8-3-4-9-15(13)18(16)17/h1-11H. The van der Waals surface area contributed by atoms with E-state index in [1.54, 1.807) is 0 Å². The van der Waals surface area contributed by atoms with Crippen molar-refractivity contribution in [3.05, 3.63) is 71.8 Å². The Morgan fingerprint density at radius 3 is 1.47 bits per heavy atom. The zero-order valence-electron chi connectivity index (χ0n) is 10.2. The Labute approximate surface area is 116 Å². The molecule has 0 nitrogen and oxygen atoms in total. The number of rotatable bonds is 0. The summed E-state index contributed by atoms with van der Waals surface area (Å²) in [7, 11) is 0. The molecule has 1 heteroatoms. The van der Waals surface area contributed by atoms with Crippen molar-refractivity contribution >= 4 is 43.9 Å². The van der Waals surface area contributed by atoms with Gasteiger partial charge in [-0.3, -0.25) is 0 Å². The van der Waals surface area contributed by atoms with Crippen molar-refractivity contribution in [2.75, 3.05) is 0 Å². The van der Waals surface area contributed by atoms with Crippen molar-refractivity contribution < 1.29 is 0 Å². The molecule has 0 unspecified atom stereocenters. The molecule has 0 aliphatic rings. The largest absolute Gasteiger partial charge is 0.0836 e. The van der Waals surface area contributed by atoms with Gasteiger partial charge in [0, 0.05) is 10.4 Å². The molecular formula is C18H11Cl. The maximum absolute atomic E-state index is 6.44. The van der Waals surface area contributed by atoms with Crippen LogP contribution in [0.3, 0.4) is 0 Å². The second-order valence-corrected chi connectivity index (χ2v) is 5.16. The first-order valence-electron chi connectivity index (χ1n) is 6.34. The lowest BCUT2D eigenvalue weighted by atomic mass is 9.94. The van der Waals surface area contributed by atoms with Crippen molar-refractivity contribution in [2.45, 2.75) is 0 Å². The summed E-state index contributed by atoms with van der Waals surface area (Å²) in [5.74, 6) is 0. The maximum atomic E-state index is 6.44. The van der Waals surface area contributed by atoms with Crippen molar-refractivity contribution in [1.29, 1.82) is 0 Å². The molecular weight excluding hydrogens is 252 g/mol. The predicted octanol–water partition coefficient (Wildman–Crippen LogP) is 5.80. The summed E-state index contributed by atoms with van der Waals surface area (Å²) in [4.78, 5) is 0. The number of hydrogen-bond donors (Lipinski definition) is 0. The third-order valence-electron chi connectivity index (χ3n) is 3.72. The highest BCUT2D eigenvalue weighted by Gasteiger charge is 2.09. The molecule has 0 aromatic heterocycles. The van der Waals surface area contributed by atoms with Gasteiger partial charge in [-0.25, -0.2) is 0 Å². The summed E-state index contributed by atoms with van der Waals surface area (Å²) in [6, 6.07) is 23.1. The van der Waals surface area contributed by atoms with E-state index in [-0.39, 0.29) is 0 Å². The molecule has 0 bridgehead atoms. The smallest absolute Gasteiger partial charge is 0.0490 e. The van der Waals surface area contributed by atoms with Crippen LogP contribution in [0.4, 0.5) is 0 Å². The topological polar surface area (TPSA) is 0 Å². The van der Waals surface area contributed by atoms with Gasteiger partial charge in [0.15, 0.2) is 0 Å². The summed E-state index contributed by atoms with van der Waals surface area (Å²) in [5, 5.41) is 8.23. The molecule has 0 fully saturated rings. The van der Waals surface area contributed by atoms with Crippen LogP contribution in [0, 0.1) is 0 Å².